The number of azide groups is 1. The molecule has 1 aliphatic carbocycles. The van der Waals surface area contributed by atoms with Gasteiger partial charge >= 0.3 is 18.2 Å². The van der Waals surface area contributed by atoms with E-state index in [2.05, 4.69) is 26.0 Å². The predicted molar refractivity (Wildman–Crippen MR) is 167 cm³/mol. The van der Waals surface area contributed by atoms with E-state index < -0.39 is 53.0 Å². The van der Waals surface area contributed by atoms with Gasteiger partial charge in [0.15, 0.2) is 0 Å². The highest BCUT2D eigenvalue weighted by atomic mass is 16.6. The third-order valence-corrected chi connectivity index (χ3v) is 7.96. The molecule has 13 nitrogen and oxygen atoms in total. The van der Waals surface area contributed by atoms with Crippen molar-refractivity contribution in [2.45, 2.75) is 89.8 Å². The lowest BCUT2D eigenvalue weighted by molar-refractivity contribution is 0.0450. The van der Waals surface area contributed by atoms with Crippen molar-refractivity contribution in [2.75, 3.05) is 6.54 Å². The first-order chi connectivity index (χ1) is 21.1. The molecule has 13 heteroatoms. The maximum Gasteiger partial charge on any atom is 0.419 e. The van der Waals surface area contributed by atoms with E-state index in [0.29, 0.717) is 22.2 Å². The van der Waals surface area contributed by atoms with Crippen LogP contribution < -0.4 is 20.7 Å². The van der Waals surface area contributed by atoms with Gasteiger partial charge in [-0.1, -0.05) is 48.4 Å². The Labute approximate surface area is 261 Å². The number of rotatable bonds is 5. The van der Waals surface area contributed by atoms with Crippen molar-refractivity contribution in [3.8, 4) is 5.75 Å². The number of aromatic nitrogens is 1. The number of benzene rings is 2. The maximum atomic E-state index is 13.7. The third-order valence-electron chi connectivity index (χ3n) is 7.96. The summed E-state index contributed by atoms with van der Waals surface area (Å²) in [6, 6.07) is 10.8. The molecule has 2 heterocycles. The number of nitrogens with one attached hydrogen (secondary N) is 3. The lowest BCUT2D eigenvalue weighted by atomic mass is 9.74. The number of carbonyl (C=O) groups excluding carboxylic acids is 3. The molecule has 1 aliphatic heterocycles. The van der Waals surface area contributed by atoms with Gasteiger partial charge in [0.2, 0.25) is 0 Å². The van der Waals surface area contributed by atoms with E-state index >= 15 is 0 Å². The van der Waals surface area contributed by atoms with Gasteiger partial charge in [-0.3, -0.25) is 0 Å². The summed E-state index contributed by atoms with van der Waals surface area (Å²) in [5.74, 6) is -0.0584. The van der Waals surface area contributed by atoms with Gasteiger partial charge in [-0.25, -0.2) is 19.0 Å². The molecule has 3 N–H and O–H groups in total. The molecule has 0 saturated carbocycles. The minimum atomic E-state index is -1.14. The molecule has 2 aromatic carbocycles. The largest absolute Gasteiger partial charge is 0.487 e. The molecule has 1 aromatic heterocycles. The van der Waals surface area contributed by atoms with Crippen molar-refractivity contribution in [1.29, 1.82) is 0 Å². The molecule has 1 spiro atoms. The Morgan fingerprint density at radius 2 is 1.76 bits per heavy atom. The summed E-state index contributed by atoms with van der Waals surface area (Å²) in [6.07, 6.45) is 0.158. The molecule has 1 saturated heterocycles. The van der Waals surface area contributed by atoms with Gasteiger partial charge in [0, 0.05) is 29.0 Å². The first-order valence-corrected chi connectivity index (χ1v) is 14.8. The Balaban J connectivity index is 1.75. The number of hydrogen-bond acceptors (Lipinski definition) is 7. The lowest BCUT2D eigenvalue weighted by Gasteiger charge is -2.42. The number of carbonyl (C=O) groups is 3. The van der Waals surface area contributed by atoms with E-state index in [0.717, 1.165) is 11.1 Å². The fraction of sp³-hybridized carbons (Fsp3) is 0.469. The zero-order valence-corrected chi connectivity index (χ0v) is 26.5. The van der Waals surface area contributed by atoms with Gasteiger partial charge in [0.1, 0.15) is 29.1 Å². The normalized spacial score (nSPS) is 22.6. The maximum absolute atomic E-state index is 13.7. The van der Waals surface area contributed by atoms with Gasteiger partial charge in [0.25, 0.3) is 0 Å². The minimum absolute atomic E-state index is 0.120. The highest BCUT2D eigenvalue weighted by molar-refractivity contribution is 5.99. The molecular weight excluding hydrogens is 578 g/mol. The zero-order chi connectivity index (χ0) is 32.7. The topological polar surface area (TPSA) is 169 Å². The highest BCUT2D eigenvalue weighted by Gasteiger charge is 2.55. The Hall–Kier alpha value is -4.90. The number of hydrogen-bond donors (Lipinski definition) is 3. The minimum Gasteiger partial charge on any atom is -0.487 e. The van der Waals surface area contributed by atoms with Gasteiger partial charge in [0.05, 0.1) is 17.6 Å². The van der Waals surface area contributed by atoms with E-state index in [1.165, 1.54) is 4.57 Å². The van der Waals surface area contributed by atoms with Crippen molar-refractivity contribution in [2.24, 2.45) is 5.11 Å². The van der Waals surface area contributed by atoms with Crippen molar-refractivity contribution in [1.82, 2.24) is 20.5 Å². The van der Waals surface area contributed by atoms with Crippen LogP contribution in [0.1, 0.15) is 77.1 Å². The molecule has 5 rings (SSSR count). The number of alkyl carbamates (subject to hydrolysis) is 1. The van der Waals surface area contributed by atoms with Crippen LogP contribution in [-0.4, -0.2) is 52.1 Å². The Kier molecular flexibility index (Phi) is 8.09. The molecule has 2 aliphatic rings. The van der Waals surface area contributed by atoms with Crippen molar-refractivity contribution in [3.05, 3.63) is 75.8 Å². The predicted octanol–water partition coefficient (Wildman–Crippen LogP) is 6.42. The van der Waals surface area contributed by atoms with Crippen LogP contribution in [0.4, 0.5) is 14.4 Å². The highest BCUT2D eigenvalue weighted by Crippen LogP contribution is 2.49. The van der Waals surface area contributed by atoms with Gasteiger partial charge in [-0.05, 0) is 69.8 Å². The summed E-state index contributed by atoms with van der Waals surface area (Å²) in [5.41, 5.74) is 9.61. The number of amides is 3. The van der Waals surface area contributed by atoms with Crippen LogP contribution in [0.25, 0.3) is 21.3 Å². The van der Waals surface area contributed by atoms with E-state index in [-0.39, 0.29) is 13.2 Å². The molecule has 1 unspecified atom stereocenters. The average Bonchev–Trinajstić information content (AvgIpc) is 3.52. The third kappa shape index (κ3) is 6.21. The number of urea groups is 1. The first-order valence-electron chi connectivity index (χ1n) is 14.8. The zero-order valence-electron chi connectivity index (χ0n) is 26.5. The molecule has 4 atom stereocenters. The van der Waals surface area contributed by atoms with Crippen molar-refractivity contribution < 1.29 is 28.6 Å². The van der Waals surface area contributed by atoms with E-state index in [1.54, 1.807) is 53.8 Å². The van der Waals surface area contributed by atoms with Crippen LogP contribution in [0, 0.1) is 0 Å². The molecule has 1 fully saturated rings. The fourth-order valence-electron chi connectivity index (χ4n) is 6.10. The Bertz CT molecular complexity index is 1680. The van der Waals surface area contributed by atoms with Gasteiger partial charge in [-0.2, -0.15) is 0 Å². The van der Waals surface area contributed by atoms with Gasteiger partial charge in [-0.15, -0.1) is 0 Å². The van der Waals surface area contributed by atoms with Crippen LogP contribution in [-0.2, 0) is 16.1 Å². The second-order valence-corrected chi connectivity index (χ2v) is 13.4. The summed E-state index contributed by atoms with van der Waals surface area (Å²) in [6.45, 7) is 12.8. The fourth-order valence-corrected chi connectivity index (χ4v) is 6.10. The van der Waals surface area contributed by atoms with E-state index in [1.807, 2.05) is 43.3 Å². The molecule has 238 valence electrons. The summed E-state index contributed by atoms with van der Waals surface area (Å²) in [7, 11) is 0. The summed E-state index contributed by atoms with van der Waals surface area (Å²) in [5, 5.41) is 13.5. The van der Waals surface area contributed by atoms with Crippen molar-refractivity contribution in [3.63, 3.8) is 0 Å². The summed E-state index contributed by atoms with van der Waals surface area (Å²) < 4.78 is 19.1. The van der Waals surface area contributed by atoms with Crippen molar-refractivity contribution >= 4 is 29.1 Å². The second kappa shape index (κ2) is 11.6. The van der Waals surface area contributed by atoms with Crippen LogP contribution in [0.2, 0.25) is 0 Å². The van der Waals surface area contributed by atoms with Crippen LogP contribution in [0.3, 0.4) is 0 Å². The Morgan fingerprint density at radius 3 is 2.36 bits per heavy atom. The molecule has 0 bridgehead atoms. The Morgan fingerprint density at radius 1 is 1.07 bits per heavy atom. The molecular formula is C32H39N7O6. The second-order valence-electron chi connectivity index (χ2n) is 13.4. The van der Waals surface area contributed by atoms with Gasteiger partial charge < -0.3 is 30.2 Å². The summed E-state index contributed by atoms with van der Waals surface area (Å²) >= 11 is 0. The van der Waals surface area contributed by atoms with Crippen LogP contribution in [0.15, 0.2) is 53.8 Å². The van der Waals surface area contributed by atoms with E-state index in [4.69, 9.17) is 14.2 Å². The molecule has 3 amide bonds. The molecule has 0 radical (unpaired) electrons. The smallest absolute Gasteiger partial charge is 0.419 e. The average molecular weight is 618 g/mol. The first kappa shape index (κ1) is 31.5. The van der Waals surface area contributed by atoms with Crippen LogP contribution >= 0.6 is 0 Å². The number of ether oxygens (including phenoxy) is 3. The molecule has 45 heavy (non-hydrogen) atoms. The standard InChI is InChI=1S/C32H39N7O6/c1-18-20-13-14-22(43-16-19-11-9-8-10-12-19)25-23(20)21(15-39(25)29(42)45-31(5,6)7)24(37-38-33)26(32(18)17-34-27(40)36-32)35-28(41)44-30(2,3)4/h8-15,18,24,26H,16-17H2,1-7H3,(H,35,41)(H2,34,36,40)/t18-,24?,26-,32-/m0/s1. The van der Waals surface area contributed by atoms with E-state index in [9.17, 15) is 19.9 Å². The number of nitrogens with zero attached hydrogens (tertiary/aromatic N) is 4. The lowest BCUT2D eigenvalue weighted by Crippen LogP contribution is -2.64. The monoisotopic (exact) mass is 617 g/mol. The molecule has 3 aromatic rings. The quantitative estimate of drug-likeness (QED) is 0.170. The van der Waals surface area contributed by atoms with Crippen LogP contribution in [0.5, 0.6) is 5.75 Å². The SMILES string of the molecule is C[C@H]1c2ccc(OCc3ccccc3)c3c2c(cn3C(=O)OC(C)(C)C)C(N=[N+]=[N-])[C@H](NC(=O)OC(C)(C)C)[C@]12CNC(=O)N2. The summed E-state index contributed by atoms with van der Waals surface area (Å²) in [4.78, 5) is 42.9.